The molecule has 3 unspecified atom stereocenters. The van der Waals surface area contributed by atoms with Crippen LogP contribution in [0.4, 0.5) is 0 Å². The first-order valence-electron chi connectivity index (χ1n) is 10.7. The Kier molecular flexibility index (Phi) is 4.39. The molecule has 5 rings (SSSR count). The minimum atomic E-state index is -0.424. The zero-order valence-corrected chi connectivity index (χ0v) is 18.8. The number of aryl methyl sites for hydroxylation is 1. The molecule has 0 amide bonds. The largest absolute Gasteiger partial charge is 0.872 e. The van der Waals surface area contributed by atoms with Crippen LogP contribution in [0.25, 0.3) is 21.5 Å². The molecule has 1 saturated heterocycles. The first-order valence-corrected chi connectivity index (χ1v) is 11.5. The monoisotopic (exact) mass is 424 g/mol. The summed E-state index contributed by atoms with van der Waals surface area (Å²) in [5, 5.41) is 16.2. The molecule has 1 aliphatic carbocycles. The van der Waals surface area contributed by atoms with Crippen LogP contribution in [-0.2, 0) is 6.54 Å². The van der Waals surface area contributed by atoms with Gasteiger partial charge in [0.2, 0.25) is 0 Å². The third-order valence-electron chi connectivity index (χ3n) is 6.89. The maximum Gasteiger partial charge on any atom is 0.346 e. The average Bonchev–Trinajstić information content (AvgIpc) is 3.16. The summed E-state index contributed by atoms with van der Waals surface area (Å²) < 4.78 is 5.75. The number of hydrogen-bond donors (Lipinski definition) is 1. The topological polar surface area (TPSA) is 70.6 Å². The van der Waals surface area contributed by atoms with Crippen molar-refractivity contribution in [2.75, 3.05) is 6.54 Å². The van der Waals surface area contributed by atoms with Crippen LogP contribution in [0.3, 0.4) is 0 Å². The van der Waals surface area contributed by atoms with Gasteiger partial charge in [0.15, 0.2) is 0 Å². The van der Waals surface area contributed by atoms with Crippen LogP contribution in [0.5, 0.6) is 5.75 Å². The van der Waals surface area contributed by atoms with Gasteiger partial charge < -0.3 is 14.4 Å². The fourth-order valence-corrected chi connectivity index (χ4v) is 7.00. The van der Waals surface area contributed by atoms with Gasteiger partial charge in [0, 0.05) is 40.3 Å². The fourth-order valence-electron chi connectivity index (χ4n) is 6.20. The number of aromatic nitrogens is 1. The second-order valence-electron chi connectivity index (χ2n) is 10.5. The third kappa shape index (κ3) is 3.36. The Morgan fingerprint density at radius 2 is 2.10 bits per heavy atom. The van der Waals surface area contributed by atoms with Crippen LogP contribution in [-0.4, -0.2) is 17.6 Å². The van der Waals surface area contributed by atoms with Crippen LogP contribution in [0.2, 0.25) is 0 Å². The van der Waals surface area contributed by atoms with Crippen molar-refractivity contribution < 1.29 is 14.4 Å². The highest BCUT2D eigenvalue weighted by molar-refractivity contribution is 7.13. The summed E-state index contributed by atoms with van der Waals surface area (Å²) in [6.45, 7) is 10.7. The van der Waals surface area contributed by atoms with Gasteiger partial charge in [0.25, 0.3) is 0 Å². The summed E-state index contributed by atoms with van der Waals surface area (Å²) in [5.74, 6) is -0.0400. The number of fused-ring (bicyclic) bond motifs is 3. The Bertz CT molecular complexity index is 1190. The summed E-state index contributed by atoms with van der Waals surface area (Å²) >= 11 is 1.43. The molecule has 5 nitrogen and oxygen atoms in total. The number of hydrogen-bond acceptors (Lipinski definition) is 5. The van der Waals surface area contributed by atoms with Crippen LogP contribution in [0, 0.1) is 17.8 Å². The smallest absolute Gasteiger partial charge is 0.346 e. The zero-order chi connectivity index (χ0) is 21.3. The van der Waals surface area contributed by atoms with Crippen molar-refractivity contribution in [1.82, 2.24) is 4.98 Å². The molecule has 2 aromatic heterocycles. The normalized spacial score (nSPS) is 27.6. The van der Waals surface area contributed by atoms with Gasteiger partial charge in [-0.3, -0.25) is 0 Å². The highest BCUT2D eigenvalue weighted by Gasteiger charge is 2.52. The van der Waals surface area contributed by atoms with E-state index in [4.69, 9.17) is 4.42 Å². The third-order valence-corrected chi connectivity index (χ3v) is 7.88. The second-order valence-corrected chi connectivity index (χ2v) is 11.3. The number of rotatable bonds is 3. The zero-order valence-electron chi connectivity index (χ0n) is 18.0. The molecule has 3 atom stereocenters. The van der Waals surface area contributed by atoms with E-state index in [0.29, 0.717) is 45.1 Å². The molecule has 1 saturated carbocycles. The minimum Gasteiger partial charge on any atom is -0.872 e. The van der Waals surface area contributed by atoms with E-state index in [2.05, 4.69) is 25.8 Å². The second kappa shape index (κ2) is 6.66. The van der Waals surface area contributed by atoms with E-state index in [1.54, 1.807) is 12.1 Å². The van der Waals surface area contributed by atoms with E-state index < -0.39 is 5.63 Å². The Hall–Kier alpha value is -2.18. The molecule has 3 heterocycles. The molecule has 1 aromatic carbocycles. The van der Waals surface area contributed by atoms with Gasteiger partial charge in [-0.1, -0.05) is 38.7 Å². The molecule has 0 spiro atoms. The van der Waals surface area contributed by atoms with Crippen LogP contribution >= 0.6 is 11.3 Å². The standard InChI is InChI=1S/C24H28N2O3S/c1-14-11-30-21(25-14)17-7-15-5-6-19(27)18(20(15)29-22(17)28)10-26-13-24(4)9-16(26)8-23(2,3)12-24/h5-7,11,16,27H,8-10,12-13H2,1-4H3. The van der Waals surface area contributed by atoms with Gasteiger partial charge in [-0.25, -0.2) is 9.78 Å². The summed E-state index contributed by atoms with van der Waals surface area (Å²) in [5.41, 5.74) is 2.66. The van der Waals surface area contributed by atoms with E-state index in [0.717, 1.165) is 17.6 Å². The Labute approximate surface area is 180 Å². The van der Waals surface area contributed by atoms with Gasteiger partial charge in [0.05, 0.1) is 18.2 Å². The lowest BCUT2D eigenvalue weighted by atomic mass is 9.65. The number of quaternary nitrogens is 1. The van der Waals surface area contributed by atoms with Crippen LogP contribution in [0.15, 0.2) is 32.8 Å². The first kappa shape index (κ1) is 19.8. The Balaban J connectivity index is 1.54. The van der Waals surface area contributed by atoms with Crippen molar-refractivity contribution in [1.29, 1.82) is 0 Å². The summed E-state index contributed by atoms with van der Waals surface area (Å²) in [7, 11) is 0. The summed E-state index contributed by atoms with van der Waals surface area (Å²) in [6, 6.07) is 5.75. The summed E-state index contributed by atoms with van der Waals surface area (Å²) in [4.78, 5) is 18.6. The molecular weight excluding hydrogens is 396 g/mol. The maximum atomic E-state index is 12.8. The lowest BCUT2D eigenvalue weighted by molar-refractivity contribution is -0.928. The van der Waals surface area contributed by atoms with Crippen molar-refractivity contribution >= 4 is 22.3 Å². The van der Waals surface area contributed by atoms with E-state index in [1.807, 2.05) is 18.4 Å². The number of nitrogens with zero attached hydrogens (tertiary/aromatic N) is 1. The summed E-state index contributed by atoms with van der Waals surface area (Å²) in [6.07, 6.45) is 3.61. The lowest BCUT2D eigenvalue weighted by Gasteiger charge is -2.37. The van der Waals surface area contributed by atoms with Gasteiger partial charge in [-0.05, 0) is 24.8 Å². The van der Waals surface area contributed by atoms with Crippen molar-refractivity contribution in [2.45, 2.75) is 59.5 Å². The van der Waals surface area contributed by atoms with Gasteiger partial charge in [-0.2, -0.15) is 0 Å². The molecule has 30 heavy (non-hydrogen) atoms. The predicted molar refractivity (Wildman–Crippen MR) is 117 cm³/mol. The molecule has 1 aliphatic heterocycles. The van der Waals surface area contributed by atoms with E-state index in [9.17, 15) is 9.90 Å². The number of nitrogens with one attached hydrogen (secondary N) is 1. The van der Waals surface area contributed by atoms with Gasteiger partial charge in [-0.15, -0.1) is 11.3 Å². The lowest BCUT2D eigenvalue weighted by Crippen LogP contribution is -3.12. The van der Waals surface area contributed by atoms with E-state index in [-0.39, 0.29) is 5.75 Å². The highest BCUT2D eigenvalue weighted by atomic mass is 32.1. The highest BCUT2D eigenvalue weighted by Crippen LogP contribution is 2.47. The van der Waals surface area contributed by atoms with Gasteiger partial charge in [0.1, 0.15) is 17.1 Å². The van der Waals surface area contributed by atoms with Gasteiger partial charge >= 0.3 is 5.63 Å². The quantitative estimate of drug-likeness (QED) is 0.655. The molecular formula is C24H28N2O3S. The van der Waals surface area contributed by atoms with E-state index in [1.165, 1.54) is 35.5 Å². The molecule has 3 aromatic rings. The number of benzene rings is 1. The molecule has 0 radical (unpaired) electrons. The van der Waals surface area contributed by atoms with Crippen molar-refractivity contribution in [3.63, 3.8) is 0 Å². The maximum absolute atomic E-state index is 12.8. The SMILES string of the molecule is Cc1csc(-c2cc3ccc([O-])c(C[NH+]4CC5(C)CC4CC(C)(C)C5)c3oc2=O)n1. The van der Waals surface area contributed by atoms with Crippen molar-refractivity contribution in [3.05, 3.63) is 45.3 Å². The predicted octanol–water partition coefficient (Wildman–Crippen LogP) is 3.28. The van der Waals surface area contributed by atoms with Crippen molar-refractivity contribution in [2.24, 2.45) is 10.8 Å². The van der Waals surface area contributed by atoms with Crippen LogP contribution < -0.4 is 15.6 Å². The molecule has 2 aliphatic rings. The fraction of sp³-hybridized carbons (Fsp3) is 0.500. The molecule has 2 bridgehead atoms. The average molecular weight is 425 g/mol. The minimum absolute atomic E-state index is 0.0400. The van der Waals surface area contributed by atoms with Crippen molar-refractivity contribution in [3.8, 4) is 16.3 Å². The molecule has 2 fully saturated rings. The molecule has 158 valence electrons. The Morgan fingerprint density at radius 3 is 2.83 bits per heavy atom. The molecule has 1 N–H and O–H groups in total. The first-order chi connectivity index (χ1) is 14.1. The number of thiazole rings is 1. The Morgan fingerprint density at radius 1 is 1.30 bits per heavy atom. The van der Waals surface area contributed by atoms with E-state index >= 15 is 0 Å². The molecule has 6 heteroatoms. The van der Waals surface area contributed by atoms with Crippen LogP contribution in [0.1, 0.15) is 51.3 Å². The number of likely N-dealkylation sites (tertiary alicyclic amines) is 1.